The van der Waals surface area contributed by atoms with E-state index in [0.717, 1.165) is 11.5 Å². The van der Waals surface area contributed by atoms with Crippen molar-refractivity contribution in [1.29, 1.82) is 0 Å². The van der Waals surface area contributed by atoms with Crippen molar-refractivity contribution in [2.75, 3.05) is 14.2 Å². The highest BCUT2D eigenvalue weighted by Crippen LogP contribution is 2.48. The Morgan fingerprint density at radius 2 is 1.11 bits per heavy atom. The van der Waals surface area contributed by atoms with E-state index in [-0.39, 0.29) is 0 Å². The summed E-state index contributed by atoms with van der Waals surface area (Å²) in [6.07, 6.45) is 6.30. The first kappa shape index (κ1) is 19.0. The first-order valence-electron chi connectivity index (χ1n) is 10.5. The van der Waals surface area contributed by atoms with Crippen LogP contribution in [0, 0.1) is 11.8 Å². The number of rotatable bonds is 10. The molecule has 4 rings (SSSR count). The summed E-state index contributed by atoms with van der Waals surface area (Å²) in [4.78, 5) is 13.1. The second-order valence-corrected chi connectivity index (χ2v) is 8.38. The third kappa shape index (κ3) is 4.57. The molecule has 0 aliphatic heterocycles. The number of benzene rings is 2. The minimum atomic E-state index is 0.356. The van der Waals surface area contributed by atoms with Crippen LogP contribution in [-0.4, -0.2) is 20.0 Å². The van der Waals surface area contributed by atoms with Crippen molar-refractivity contribution in [2.45, 2.75) is 50.4 Å². The zero-order valence-electron chi connectivity index (χ0n) is 16.9. The van der Waals surface area contributed by atoms with Crippen molar-refractivity contribution in [2.24, 2.45) is 11.8 Å². The van der Waals surface area contributed by atoms with Gasteiger partial charge in [0.25, 0.3) is 0 Å². The molecule has 28 heavy (non-hydrogen) atoms. The lowest BCUT2D eigenvalue weighted by Gasteiger charge is -2.20. The maximum Gasteiger partial charge on any atom is 0.134 e. The Kier molecular flexibility index (Phi) is 5.70. The summed E-state index contributed by atoms with van der Waals surface area (Å²) in [6, 6.07) is 16.6. The molecule has 0 saturated heterocycles. The van der Waals surface area contributed by atoms with Crippen molar-refractivity contribution >= 4 is 5.78 Å². The molecule has 2 saturated carbocycles. The summed E-state index contributed by atoms with van der Waals surface area (Å²) < 4.78 is 10.6. The fourth-order valence-corrected chi connectivity index (χ4v) is 4.39. The maximum absolute atomic E-state index is 13.1. The number of Topliss-reactive ketones (excluding diaryl/α,β-unsaturated/α-hetero) is 1. The lowest BCUT2D eigenvalue weighted by molar-refractivity contribution is -0.120. The zero-order chi connectivity index (χ0) is 19.5. The first-order valence-corrected chi connectivity index (χ1v) is 10.5. The van der Waals surface area contributed by atoms with E-state index < -0.39 is 0 Å². The number of carbonyl (C=O) groups excluding carboxylic acids is 1. The van der Waals surface area contributed by atoms with Gasteiger partial charge < -0.3 is 9.47 Å². The van der Waals surface area contributed by atoms with Crippen LogP contribution in [0.2, 0.25) is 0 Å². The molecule has 2 fully saturated rings. The smallest absolute Gasteiger partial charge is 0.134 e. The molecule has 0 spiro atoms. The second-order valence-electron chi connectivity index (χ2n) is 8.38. The van der Waals surface area contributed by atoms with E-state index in [9.17, 15) is 4.79 Å². The Hall–Kier alpha value is -2.29. The molecule has 0 aromatic heterocycles. The summed E-state index contributed by atoms with van der Waals surface area (Å²) in [7, 11) is 3.38. The van der Waals surface area contributed by atoms with Gasteiger partial charge in [0.15, 0.2) is 0 Å². The van der Waals surface area contributed by atoms with Crippen LogP contribution in [0.15, 0.2) is 48.5 Å². The van der Waals surface area contributed by atoms with Crippen LogP contribution in [0.25, 0.3) is 0 Å². The van der Waals surface area contributed by atoms with Crippen LogP contribution in [0.3, 0.4) is 0 Å². The van der Waals surface area contributed by atoms with Gasteiger partial charge in [-0.2, -0.15) is 0 Å². The third-order valence-electron chi connectivity index (χ3n) is 6.37. The largest absolute Gasteiger partial charge is 0.497 e. The molecule has 3 heteroatoms. The molecule has 0 heterocycles. The topological polar surface area (TPSA) is 35.5 Å². The highest BCUT2D eigenvalue weighted by molar-refractivity contribution is 5.80. The van der Waals surface area contributed by atoms with E-state index >= 15 is 0 Å². The Labute approximate surface area is 168 Å². The normalized spacial score (nSPS) is 18.4. The molecule has 2 unspecified atom stereocenters. The van der Waals surface area contributed by atoms with Gasteiger partial charge in [-0.05, 0) is 84.7 Å². The standard InChI is InChI=1S/C25H30O3/c1-27-22-11-7-19(8-12-22)24(17-3-4-17)15-21(26)16-25(18-5-6-18)20-9-13-23(28-2)14-10-20/h7-14,17-18,24-25H,3-6,15-16H2,1-2H3. The van der Waals surface area contributed by atoms with Crippen molar-refractivity contribution in [3.63, 3.8) is 0 Å². The minimum absolute atomic E-state index is 0.356. The molecule has 2 aromatic carbocycles. The van der Waals surface area contributed by atoms with Crippen molar-refractivity contribution in [3.8, 4) is 11.5 Å². The number of carbonyl (C=O) groups is 1. The van der Waals surface area contributed by atoms with Crippen LogP contribution < -0.4 is 9.47 Å². The van der Waals surface area contributed by atoms with E-state index in [1.807, 2.05) is 24.3 Å². The van der Waals surface area contributed by atoms with Crippen LogP contribution in [0.1, 0.15) is 61.5 Å². The average molecular weight is 379 g/mol. The lowest BCUT2D eigenvalue weighted by Crippen LogP contribution is -2.14. The maximum atomic E-state index is 13.1. The van der Waals surface area contributed by atoms with E-state index in [1.54, 1.807) is 14.2 Å². The molecule has 3 nitrogen and oxygen atoms in total. The predicted octanol–water partition coefficient (Wildman–Crippen LogP) is 5.74. The second kappa shape index (κ2) is 8.38. The van der Waals surface area contributed by atoms with E-state index in [4.69, 9.17) is 9.47 Å². The quantitative estimate of drug-likeness (QED) is 0.529. The zero-order valence-corrected chi connectivity index (χ0v) is 16.9. The van der Waals surface area contributed by atoms with Gasteiger partial charge in [0.05, 0.1) is 14.2 Å². The molecule has 148 valence electrons. The van der Waals surface area contributed by atoms with Crippen LogP contribution in [0.5, 0.6) is 11.5 Å². The summed E-state index contributed by atoms with van der Waals surface area (Å²) in [5.41, 5.74) is 2.56. The van der Waals surface area contributed by atoms with Crippen molar-refractivity contribution in [3.05, 3.63) is 59.7 Å². The Morgan fingerprint density at radius 1 is 0.750 bits per heavy atom. The Balaban J connectivity index is 1.44. The molecule has 2 aliphatic carbocycles. The van der Waals surface area contributed by atoms with Gasteiger partial charge in [-0.25, -0.2) is 0 Å². The molecule has 0 radical (unpaired) electrons. The highest BCUT2D eigenvalue weighted by atomic mass is 16.5. The molecular formula is C25H30O3. The SMILES string of the molecule is COc1ccc(C(CC(=O)CC(c2ccc(OC)cc2)C2CC2)C2CC2)cc1. The van der Waals surface area contributed by atoms with E-state index in [1.165, 1.54) is 36.8 Å². The molecule has 2 aromatic rings. The van der Waals surface area contributed by atoms with E-state index in [2.05, 4.69) is 24.3 Å². The van der Waals surface area contributed by atoms with E-state index in [0.29, 0.717) is 42.3 Å². The third-order valence-corrected chi connectivity index (χ3v) is 6.37. The number of hydrogen-bond donors (Lipinski definition) is 0. The highest BCUT2D eigenvalue weighted by Gasteiger charge is 2.37. The first-order chi connectivity index (χ1) is 13.7. The fraction of sp³-hybridized carbons (Fsp3) is 0.480. The van der Waals surface area contributed by atoms with Gasteiger partial charge in [0.2, 0.25) is 0 Å². The average Bonchev–Trinajstić information content (AvgIpc) is 3.64. The summed E-state index contributed by atoms with van der Waals surface area (Å²) >= 11 is 0. The molecule has 0 amide bonds. The van der Waals surface area contributed by atoms with Gasteiger partial charge >= 0.3 is 0 Å². The molecule has 2 aliphatic rings. The van der Waals surface area contributed by atoms with Crippen molar-refractivity contribution < 1.29 is 14.3 Å². The fourth-order valence-electron chi connectivity index (χ4n) is 4.39. The summed E-state index contributed by atoms with van der Waals surface area (Å²) in [5, 5.41) is 0. The van der Waals surface area contributed by atoms with Crippen LogP contribution in [0.4, 0.5) is 0 Å². The van der Waals surface area contributed by atoms with Crippen LogP contribution in [-0.2, 0) is 4.79 Å². The summed E-state index contributed by atoms with van der Waals surface area (Å²) in [6.45, 7) is 0. The number of ketones is 1. The predicted molar refractivity (Wildman–Crippen MR) is 111 cm³/mol. The number of hydrogen-bond acceptors (Lipinski definition) is 3. The molecule has 2 atom stereocenters. The Morgan fingerprint density at radius 3 is 1.39 bits per heavy atom. The minimum Gasteiger partial charge on any atom is -0.497 e. The van der Waals surface area contributed by atoms with Gasteiger partial charge in [-0.15, -0.1) is 0 Å². The molecule has 0 N–H and O–H groups in total. The van der Waals surface area contributed by atoms with Gasteiger partial charge in [-0.1, -0.05) is 24.3 Å². The van der Waals surface area contributed by atoms with Gasteiger partial charge in [0.1, 0.15) is 17.3 Å². The van der Waals surface area contributed by atoms with Crippen molar-refractivity contribution in [1.82, 2.24) is 0 Å². The monoisotopic (exact) mass is 378 g/mol. The lowest BCUT2D eigenvalue weighted by atomic mass is 9.84. The Bertz CT molecular complexity index is 718. The number of ether oxygens (including phenoxy) is 2. The summed E-state index contributed by atoms with van der Waals surface area (Å²) in [5.74, 6) is 4.19. The number of methoxy groups -OCH3 is 2. The van der Waals surface area contributed by atoms with Crippen LogP contribution >= 0.6 is 0 Å². The molecular weight excluding hydrogens is 348 g/mol. The molecule has 0 bridgehead atoms. The van der Waals surface area contributed by atoms with Gasteiger partial charge in [0, 0.05) is 12.8 Å². The van der Waals surface area contributed by atoms with Gasteiger partial charge in [-0.3, -0.25) is 4.79 Å².